The number of aryl methyl sites for hydroxylation is 1. The normalized spacial score (nSPS) is 10.5. The van der Waals surface area contributed by atoms with Gasteiger partial charge in [0.1, 0.15) is 5.82 Å². The zero-order valence-corrected chi connectivity index (χ0v) is 11.0. The van der Waals surface area contributed by atoms with Gasteiger partial charge in [0.05, 0.1) is 13.5 Å². The van der Waals surface area contributed by atoms with Crippen LogP contribution < -0.4 is 0 Å². The Morgan fingerprint density at radius 1 is 1.53 bits per heavy atom. The fourth-order valence-electron chi connectivity index (χ4n) is 1.35. The molecule has 0 aliphatic carbocycles. The van der Waals surface area contributed by atoms with E-state index in [0.29, 0.717) is 15.0 Å². The second kappa shape index (κ2) is 4.86. The molecule has 1 aromatic carbocycles. The number of aromatic nitrogens is 4. The van der Waals surface area contributed by atoms with Crippen molar-refractivity contribution in [3.05, 3.63) is 39.0 Å². The first-order valence-electron chi connectivity index (χ1n) is 4.77. The van der Waals surface area contributed by atoms with Gasteiger partial charge < -0.3 is 0 Å². The highest BCUT2D eigenvalue weighted by atomic mass is 127. The number of carbonyl (C=O) groups is 1. The van der Waals surface area contributed by atoms with E-state index in [1.54, 1.807) is 7.05 Å². The topological polar surface area (TPSA) is 60.7 Å². The van der Waals surface area contributed by atoms with E-state index < -0.39 is 0 Å². The lowest BCUT2D eigenvalue weighted by Crippen LogP contribution is -2.07. The molecule has 0 fully saturated rings. The lowest BCUT2D eigenvalue weighted by molar-refractivity contribution is 0.0990. The van der Waals surface area contributed by atoms with E-state index in [1.807, 2.05) is 22.6 Å². The van der Waals surface area contributed by atoms with Crippen LogP contribution in [0.1, 0.15) is 16.2 Å². The molecule has 2 rings (SSSR count). The first-order valence-corrected chi connectivity index (χ1v) is 5.85. The first-order chi connectivity index (χ1) is 8.06. The number of halogens is 2. The molecule has 0 spiro atoms. The van der Waals surface area contributed by atoms with Crippen LogP contribution in [0.4, 0.5) is 4.39 Å². The zero-order chi connectivity index (χ0) is 12.4. The molecule has 88 valence electrons. The van der Waals surface area contributed by atoms with Gasteiger partial charge in [0.15, 0.2) is 11.6 Å². The first kappa shape index (κ1) is 12.1. The van der Waals surface area contributed by atoms with Crippen LogP contribution in [-0.2, 0) is 13.5 Å². The largest absolute Gasteiger partial charge is 0.294 e. The fourth-order valence-corrected chi connectivity index (χ4v) is 2.13. The second-order valence-electron chi connectivity index (χ2n) is 3.42. The quantitative estimate of drug-likeness (QED) is 0.622. The minimum absolute atomic E-state index is 0.0650. The lowest BCUT2D eigenvalue weighted by atomic mass is 10.1. The summed E-state index contributed by atoms with van der Waals surface area (Å²) in [6.07, 6.45) is 0.0650. The third-order valence-corrected chi connectivity index (χ3v) is 2.99. The van der Waals surface area contributed by atoms with Crippen LogP contribution in [0.25, 0.3) is 0 Å². The zero-order valence-electron chi connectivity index (χ0n) is 8.89. The van der Waals surface area contributed by atoms with Crippen molar-refractivity contribution in [2.45, 2.75) is 6.42 Å². The van der Waals surface area contributed by atoms with Gasteiger partial charge in [0.2, 0.25) is 0 Å². The molecular formula is C10H8FIN4O. The molecule has 0 bridgehead atoms. The number of rotatable bonds is 3. The van der Waals surface area contributed by atoms with Gasteiger partial charge >= 0.3 is 0 Å². The monoisotopic (exact) mass is 346 g/mol. The molecule has 0 atom stereocenters. The molecule has 1 heterocycles. The van der Waals surface area contributed by atoms with E-state index in [-0.39, 0.29) is 18.0 Å². The Morgan fingerprint density at radius 2 is 2.29 bits per heavy atom. The number of tetrazole rings is 1. The molecular weight excluding hydrogens is 338 g/mol. The molecule has 5 nitrogen and oxygen atoms in total. The van der Waals surface area contributed by atoms with Gasteiger partial charge in [-0.05, 0) is 46.0 Å². The van der Waals surface area contributed by atoms with Crippen molar-refractivity contribution in [1.29, 1.82) is 0 Å². The van der Waals surface area contributed by atoms with Crippen LogP contribution in [0.15, 0.2) is 18.2 Å². The Morgan fingerprint density at radius 3 is 2.88 bits per heavy atom. The average molecular weight is 346 g/mol. The van der Waals surface area contributed by atoms with Gasteiger partial charge in [-0.15, -0.1) is 10.2 Å². The predicted molar refractivity (Wildman–Crippen MR) is 65.9 cm³/mol. The second-order valence-corrected chi connectivity index (χ2v) is 4.58. The van der Waals surface area contributed by atoms with Gasteiger partial charge in [0.25, 0.3) is 0 Å². The minimum Gasteiger partial charge on any atom is -0.294 e. The van der Waals surface area contributed by atoms with Crippen LogP contribution in [-0.4, -0.2) is 26.0 Å². The van der Waals surface area contributed by atoms with Crippen molar-refractivity contribution in [3.63, 3.8) is 0 Å². The number of ketones is 1. The molecule has 0 aliphatic heterocycles. The lowest BCUT2D eigenvalue weighted by Gasteiger charge is -2.01. The van der Waals surface area contributed by atoms with Crippen molar-refractivity contribution in [2.75, 3.05) is 0 Å². The van der Waals surface area contributed by atoms with E-state index in [4.69, 9.17) is 0 Å². The van der Waals surface area contributed by atoms with Crippen LogP contribution >= 0.6 is 22.6 Å². The molecule has 0 unspecified atom stereocenters. The number of benzene rings is 1. The smallest absolute Gasteiger partial charge is 0.182 e. The summed E-state index contributed by atoms with van der Waals surface area (Å²) in [5.41, 5.74) is 0.472. The molecule has 0 aliphatic rings. The third kappa shape index (κ3) is 2.84. The maximum atomic E-state index is 12.9. The van der Waals surface area contributed by atoms with E-state index in [2.05, 4.69) is 15.4 Å². The summed E-state index contributed by atoms with van der Waals surface area (Å²) in [7, 11) is 1.63. The average Bonchev–Trinajstić information content (AvgIpc) is 2.63. The van der Waals surface area contributed by atoms with Crippen molar-refractivity contribution < 1.29 is 9.18 Å². The molecule has 7 heteroatoms. The molecule has 2 aromatic rings. The number of nitrogens with zero attached hydrogens (tertiary/aromatic N) is 4. The van der Waals surface area contributed by atoms with Gasteiger partial charge in [-0.3, -0.25) is 4.79 Å². The van der Waals surface area contributed by atoms with Gasteiger partial charge in [-0.1, -0.05) is 0 Å². The molecule has 0 radical (unpaired) electrons. The maximum absolute atomic E-state index is 12.9. The fraction of sp³-hybridized carbons (Fsp3) is 0.200. The molecule has 1 aromatic heterocycles. The Kier molecular flexibility index (Phi) is 3.46. The molecule has 0 N–H and O–H groups in total. The van der Waals surface area contributed by atoms with Crippen LogP contribution in [0.2, 0.25) is 0 Å². The Bertz CT molecular complexity index is 569. The number of hydrogen-bond acceptors (Lipinski definition) is 4. The van der Waals surface area contributed by atoms with Crippen molar-refractivity contribution in [3.8, 4) is 0 Å². The highest BCUT2D eigenvalue weighted by Crippen LogP contribution is 2.15. The van der Waals surface area contributed by atoms with E-state index in [1.165, 1.54) is 23.0 Å². The number of Topliss-reactive ketones (excluding diaryl/α,β-unsaturated/α-hetero) is 1. The summed E-state index contributed by atoms with van der Waals surface area (Å²) >= 11 is 1.93. The predicted octanol–water partition coefficient (Wildman–Crippen LogP) is 1.38. The van der Waals surface area contributed by atoms with Crippen molar-refractivity contribution in [1.82, 2.24) is 20.2 Å². The van der Waals surface area contributed by atoms with Crippen molar-refractivity contribution in [2.24, 2.45) is 7.05 Å². The van der Waals surface area contributed by atoms with Crippen LogP contribution in [0, 0.1) is 9.39 Å². The number of hydrogen-bond donors (Lipinski definition) is 0. The summed E-state index contributed by atoms with van der Waals surface area (Å²) in [6.45, 7) is 0. The molecule has 0 saturated carbocycles. The highest BCUT2D eigenvalue weighted by molar-refractivity contribution is 14.1. The Balaban J connectivity index is 2.20. The van der Waals surface area contributed by atoms with E-state index in [0.717, 1.165) is 0 Å². The van der Waals surface area contributed by atoms with Crippen molar-refractivity contribution >= 4 is 28.4 Å². The summed E-state index contributed by atoms with van der Waals surface area (Å²) < 4.78 is 13.5. The minimum atomic E-state index is -0.358. The number of carbonyl (C=O) groups excluding carboxylic acids is 1. The summed E-state index contributed by atoms with van der Waals surface area (Å²) in [6, 6.07) is 4.05. The Hall–Kier alpha value is -1.38. The van der Waals surface area contributed by atoms with Gasteiger partial charge in [-0.25, -0.2) is 4.39 Å². The molecule has 17 heavy (non-hydrogen) atoms. The molecule has 0 amide bonds. The maximum Gasteiger partial charge on any atom is 0.182 e. The third-order valence-electron chi connectivity index (χ3n) is 2.10. The van der Waals surface area contributed by atoms with Crippen LogP contribution in [0.3, 0.4) is 0 Å². The highest BCUT2D eigenvalue weighted by Gasteiger charge is 2.14. The summed E-state index contributed by atoms with van der Waals surface area (Å²) in [4.78, 5) is 13.2. The SMILES string of the molecule is Cn1nnc(CC(=O)c2ccc(F)cc2I)n1. The summed E-state index contributed by atoms with van der Waals surface area (Å²) in [5, 5.41) is 11.3. The standard InChI is InChI=1S/C10H8FIN4O/c1-16-14-10(13-15-16)5-9(17)7-3-2-6(11)4-8(7)12/h2-4H,5H2,1H3. The van der Waals surface area contributed by atoms with Crippen LogP contribution in [0.5, 0.6) is 0 Å². The van der Waals surface area contributed by atoms with E-state index in [9.17, 15) is 9.18 Å². The summed E-state index contributed by atoms with van der Waals surface area (Å²) in [5.74, 6) is -0.149. The van der Waals surface area contributed by atoms with E-state index >= 15 is 0 Å². The molecule has 0 saturated heterocycles. The van der Waals surface area contributed by atoms with Gasteiger partial charge in [0, 0.05) is 9.13 Å². The Labute approximate surface area is 110 Å². The van der Waals surface area contributed by atoms with Gasteiger partial charge in [-0.2, -0.15) is 4.80 Å².